The average Bonchev–Trinajstić information content (AvgIpc) is 2.38. The topological polar surface area (TPSA) is 94.8 Å². The molecular weight excluding hydrogens is 258 g/mol. The number of nitrogens with one attached hydrogen (secondary N) is 3. The predicted molar refractivity (Wildman–Crippen MR) is 74.4 cm³/mol. The van der Waals surface area contributed by atoms with Crippen molar-refractivity contribution in [3.05, 3.63) is 68.5 Å². The van der Waals surface area contributed by atoms with Gasteiger partial charge in [0.25, 0.3) is 5.56 Å². The van der Waals surface area contributed by atoms with Crippen LogP contribution in [0.2, 0.25) is 0 Å². The smallest absolute Gasteiger partial charge is 0.325 e. The molecule has 2 rings (SSSR count). The molecule has 1 aromatic carbocycles. The van der Waals surface area contributed by atoms with E-state index in [2.05, 4.69) is 15.3 Å². The molecule has 0 aliphatic carbocycles. The molecule has 1 aromatic heterocycles. The summed E-state index contributed by atoms with van der Waals surface area (Å²) in [5.41, 5.74) is 0.140. The molecule has 6 nitrogen and oxygen atoms in total. The van der Waals surface area contributed by atoms with E-state index in [0.29, 0.717) is 0 Å². The lowest BCUT2D eigenvalue weighted by Gasteiger charge is -2.14. The largest absolute Gasteiger partial charge is 0.349 e. The summed E-state index contributed by atoms with van der Waals surface area (Å²) in [5.74, 6) is -0.261. The number of carbonyl (C=O) groups is 1. The fourth-order valence-corrected chi connectivity index (χ4v) is 1.91. The Morgan fingerprint density at radius 3 is 2.55 bits per heavy atom. The Balaban J connectivity index is 2.02. The number of benzene rings is 1. The van der Waals surface area contributed by atoms with Crippen molar-refractivity contribution in [3.8, 4) is 0 Å². The maximum Gasteiger partial charge on any atom is 0.325 e. The van der Waals surface area contributed by atoms with E-state index in [1.807, 2.05) is 37.3 Å². The van der Waals surface area contributed by atoms with Crippen LogP contribution >= 0.6 is 0 Å². The van der Waals surface area contributed by atoms with Gasteiger partial charge in [-0.3, -0.25) is 14.6 Å². The molecule has 2 aromatic rings. The lowest BCUT2D eigenvalue weighted by molar-refractivity contribution is -0.121. The van der Waals surface area contributed by atoms with Crippen molar-refractivity contribution in [1.29, 1.82) is 0 Å². The fraction of sp³-hybridized carbons (Fsp3) is 0.214. The van der Waals surface area contributed by atoms with E-state index in [0.717, 1.165) is 5.56 Å². The highest BCUT2D eigenvalue weighted by Gasteiger charge is 2.10. The fourth-order valence-electron chi connectivity index (χ4n) is 1.91. The maximum absolute atomic E-state index is 11.9. The number of hydrogen-bond donors (Lipinski definition) is 3. The van der Waals surface area contributed by atoms with E-state index in [1.165, 1.54) is 6.07 Å². The third kappa shape index (κ3) is 3.68. The molecule has 0 spiro atoms. The van der Waals surface area contributed by atoms with Gasteiger partial charge in [-0.05, 0) is 12.5 Å². The molecule has 1 atom stereocenters. The van der Waals surface area contributed by atoms with Crippen molar-refractivity contribution in [3.63, 3.8) is 0 Å². The second-order valence-corrected chi connectivity index (χ2v) is 4.49. The first-order chi connectivity index (χ1) is 9.54. The number of carbonyl (C=O) groups excluding carboxylic acids is 1. The van der Waals surface area contributed by atoms with Gasteiger partial charge in [0.1, 0.15) is 0 Å². The van der Waals surface area contributed by atoms with Crippen LogP contribution in [0.3, 0.4) is 0 Å². The van der Waals surface area contributed by atoms with Gasteiger partial charge in [0, 0.05) is 11.8 Å². The minimum Gasteiger partial charge on any atom is -0.349 e. The van der Waals surface area contributed by atoms with E-state index in [4.69, 9.17) is 0 Å². The monoisotopic (exact) mass is 273 g/mol. The Hall–Kier alpha value is -2.63. The first kappa shape index (κ1) is 13.8. The van der Waals surface area contributed by atoms with Crippen molar-refractivity contribution in [1.82, 2.24) is 15.3 Å². The van der Waals surface area contributed by atoms with Gasteiger partial charge in [-0.2, -0.15) is 0 Å². The predicted octanol–water partition coefficient (Wildman–Crippen LogP) is 0.483. The van der Waals surface area contributed by atoms with Crippen molar-refractivity contribution >= 4 is 5.91 Å². The van der Waals surface area contributed by atoms with E-state index in [9.17, 15) is 14.4 Å². The first-order valence-electron chi connectivity index (χ1n) is 6.21. The Morgan fingerprint density at radius 1 is 1.20 bits per heavy atom. The molecule has 104 valence electrons. The van der Waals surface area contributed by atoms with Gasteiger partial charge in [0.15, 0.2) is 0 Å². The van der Waals surface area contributed by atoms with Crippen LogP contribution in [0.15, 0.2) is 46.0 Å². The summed E-state index contributed by atoms with van der Waals surface area (Å²) in [5, 5.41) is 2.81. The van der Waals surface area contributed by atoms with Crippen molar-refractivity contribution < 1.29 is 4.79 Å². The van der Waals surface area contributed by atoms with Crippen LogP contribution in [0.1, 0.15) is 24.2 Å². The van der Waals surface area contributed by atoms with Gasteiger partial charge in [0.05, 0.1) is 12.5 Å². The van der Waals surface area contributed by atoms with E-state index in [-0.39, 0.29) is 24.1 Å². The molecule has 0 aliphatic heterocycles. The van der Waals surface area contributed by atoms with Crippen LogP contribution in [0.25, 0.3) is 0 Å². The highest BCUT2D eigenvalue weighted by atomic mass is 16.2. The molecule has 0 saturated heterocycles. The van der Waals surface area contributed by atoms with Gasteiger partial charge in [-0.25, -0.2) is 4.79 Å². The average molecular weight is 273 g/mol. The summed E-state index contributed by atoms with van der Waals surface area (Å²) in [7, 11) is 0. The Labute approximate surface area is 114 Å². The zero-order valence-corrected chi connectivity index (χ0v) is 11.0. The third-order valence-electron chi connectivity index (χ3n) is 2.84. The van der Waals surface area contributed by atoms with Crippen molar-refractivity contribution in [2.24, 2.45) is 0 Å². The summed E-state index contributed by atoms with van der Waals surface area (Å²) in [6.45, 7) is 1.87. The standard InChI is InChI=1S/C14H15N3O3/c1-9(10-5-3-2-4-6-10)15-12(18)7-11-8-13(19)17-14(20)16-11/h2-6,8-9H,7H2,1H3,(H,15,18)(H2,16,17,19,20). The molecule has 0 bridgehead atoms. The van der Waals surface area contributed by atoms with Crippen LogP contribution in [0.5, 0.6) is 0 Å². The molecule has 0 radical (unpaired) electrons. The van der Waals surface area contributed by atoms with Crippen LogP contribution < -0.4 is 16.6 Å². The van der Waals surface area contributed by atoms with E-state index in [1.54, 1.807) is 0 Å². The Kier molecular flexibility index (Phi) is 4.14. The number of rotatable bonds is 4. The summed E-state index contributed by atoms with van der Waals surface area (Å²) < 4.78 is 0. The summed E-state index contributed by atoms with van der Waals surface area (Å²) >= 11 is 0. The SMILES string of the molecule is CC(NC(=O)Cc1cc(=O)[nH]c(=O)[nH]1)c1ccccc1. The molecule has 0 aliphatic rings. The molecule has 0 saturated carbocycles. The highest BCUT2D eigenvalue weighted by molar-refractivity contribution is 5.78. The molecular formula is C14H15N3O3. The normalized spacial score (nSPS) is 11.8. The quantitative estimate of drug-likeness (QED) is 0.756. The second kappa shape index (κ2) is 6.01. The summed E-state index contributed by atoms with van der Waals surface area (Å²) in [4.78, 5) is 38.6. The van der Waals surface area contributed by atoms with Gasteiger partial charge in [0.2, 0.25) is 5.91 Å². The van der Waals surface area contributed by atoms with Crippen LogP contribution in [-0.2, 0) is 11.2 Å². The molecule has 3 N–H and O–H groups in total. The summed E-state index contributed by atoms with van der Waals surface area (Å²) in [6, 6.07) is 10.6. The van der Waals surface area contributed by atoms with Crippen molar-refractivity contribution in [2.75, 3.05) is 0 Å². The number of aromatic amines is 2. The van der Waals surface area contributed by atoms with Crippen LogP contribution in [-0.4, -0.2) is 15.9 Å². The first-order valence-corrected chi connectivity index (χ1v) is 6.21. The lowest BCUT2D eigenvalue weighted by atomic mass is 10.1. The van der Waals surface area contributed by atoms with Crippen molar-refractivity contribution in [2.45, 2.75) is 19.4 Å². The van der Waals surface area contributed by atoms with Crippen LogP contribution in [0, 0.1) is 0 Å². The number of aromatic nitrogens is 2. The van der Waals surface area contributed by atoms with Gasteiger partial charge < -0.3 is 10.3 Å². The molecule has 6 heteroatoms. The third-order valence-corrected chi connectivity index (χ3v) is 2.84. The van der Waals surface area contributed by atoms with Gasteiger partial charge >= 0.3 is 5.69 Å². The molecule has 1 heterocycles. The number of hydrogen-bond acceptors (Lipinski definition) is 3. The number of H-pyrrole nitrogens is 2. The van der Waals surface area contributed by atoms with Crippen LogP contribution in [0.4, 0.5) is 0 Å². The van der Waals surface area contributed by atoms with Gasteiger partial charge in [-0.15, -0.1) is 0 Å². The molecule has 20 heavy (non-hydrogen) atoms. The van der Waals surface area contributed by atoms with E-state index >= 15 is 0 Å². The zero-order chi connectivity index (χ0) is 14.5. The minimum atomic E-state index is -0.614. The second-order valence-electron chi connectivity index (χ2n) is 4.49. The Morgan fingerprint density at radius 2 is 1.90 bits per heavy atom. The van der Waals surface area contributed by atoms with E-state index < -0.39 is 11.2 Å². The molecule has 1 amide bonds. The van der Waals surface area contributed by atoms with Gasteiger partial charge in [-0.1, -0.05) is 30.3 Å². The number of amides is 1. The molecule has 0 fully saturated rings. The maximum atomic E-state index is 11.9. The Bertz CT molecular complexity index is 675. The minimum absolute atomic E-state index is 0.0453. The molecule has 1 unspecified atom stereocenters. The summed E-state index contributed by atoms with van der Waals surface area (Å²) in [6.07, 6.45) is -0.0453. The zero-order valence-electron chi connectivity index (χ0n) is 11.0. The highest BCUT2D eigenvalue weighted by Crippen LogP contribution is 2.10. The lowest BCUT2D eigenvalue weighted by Crippen LogP contribution is -2.30.